The van der Waals surface area contributed by atoms with Gasteiger partial charge in [-0.15, -0.1) is 0 Å². The van der Waals surface area contributed by atoms with Gasteiger partial charge in [0.2, 0.25) is 5.95 Å². The van der Waals surface area contributed by atoms with Crippen molar-refractivity contribution < 1.29 is 9.47 Å². The lowest BCUT2D eigenvalue weighted by Gasteiger charge is -2.11. The number of aromatic nitrogens is 2. The minimum Gasteiger partial charge on any atom is -0.493 e. The van der Waals surface area contributed by atoms with Crippen LogP contribution in [0, 0.1) is 11.3 Å². The molecule has 0 spiro atoms. The molecule has 168 valence electrons. The summed E-state index contributed by atoms with van der Waals surface area (Å²) in [5, 5.41) is 13.6. The van der Waals surface area contributed by atoms with Gasteiger partial charge in [0.05, 0.1) is 19.0 Å². The average Bonchev–Trinajstić information content (AvgIpc) is 2.88. The number of hydrogen-bond acceptors (Lipinski definition) is 7. The third-order valence-electron chi connectivity index (χ3n) is 4.89. The molecule has 3 aromatic carbocycles. The van der Waals surface area contributed by atoms with E-state index in [9.17, 15) is 10.1 Å². The molecule has 0 aliphatic heterocycles. The Kier molecular flexibility index (Phi) is 6.96. The standard InChI is InChI=1S/C26H21N5O3/c1-33-22-13-12-19(14-23(22)34-17-18-8-4-2-5-9-18)16-28-31-26-29-24(20-10-6-3-7-11-20)21(15-27)25(32)30-26/h2-14,16H,17H2,1H3,(H2,29,30,31,32). The Hall–Kier alpha value is -4.90. The van der Waals surface area contributed by atoms with E-state index in [-0.39, 0.29) is 17.2 Å². The maximum atomic E-state index is 12.4. The van der Waals surface area contributed by atoms with Crippen LogP contribution in [0.15, 0.2) is 88.8 Å². The Balaban J connectivity index is 1.53. The van der Waals surface area contributed by atoms with Gasteiger partial charge in [0.25, 0.3) is 5.56 Å². The molecular formula is C26H21N5O3. The predicted octanol–water partition coefficient (Wildman–Crippen LogP) is 4.34. The number of nitriles is 1. The number of anilines is 1. The molecule has 8 heteroatoms. The van der Waals surface area contributed by atoms with Crippen molar-refractivity contribution in [3.8, 4) is 28.8 Å². The van der Waals surface area contributed by atoms with Crippen LogP contribution in [0.4, 0.5) is 5.95 Å². The van der Waals surface area contributed by atoms with Crippen molar-refractivity contribution in [3.05, 3.63) is 106 Å². The number of aromatic amines is 1. The lowest BCUT2D eigenvalue weighted by molar-refractivity contribution is 0.284. The van der Waals surface area contributed by atoms with Crippen LogP contribution in [-0.4, -0.2) is 23.3 Å². The van der Waals surface area contributed by atoms with Crippen LogP contribution in [0.2, 0.25) is 0 Å². The van der Waals surface area contributed by atoms with E-state index in [1.165, 1.54) is 0 Å². The molecule has 4 rings (SSSR count). The highest BCUT2D eigenvalue weighted by atomic mass is 16.5. The molecule has 34 heavy (non-hydrogen) atoms. The molecule has 0 unspecified atom stereocenters. The number of rotatable bonds is 8. The maximum Gasteiger partial charge on any atom is 0.270 e. The van der Waals surface area contributed by atoms with E-state index in [4.69, 9.17) is 9.47 Å². The summed E-state index contributed by atoms with van der Waals surface area (Å²) < 4.78 is 11.3. The molecule has 1 aromatic heterocycles. The molecule has 0 radical (unpaired) electrons. The van der Waals surface area contributed by atoms with Gasteiger partial charge < -0.3 is 9.47 Å². The largest absolute Gasteiger partial charge is 0.493 e. The molecule has 0 saturated carbocycles. The first kappa shape index (κ1) is 22.3. The van der Waals surface area contributed by atoms with Gasteiger partial charge in [-0.2, -0.15) is 10.4 Å². The molecule has 2 N–H and O–H groups in total. The lowest BCUT2D eigenvalue weighted by Crippen LogP contribution is -2.16. The van der Waals surface area contributed by atoms with Crippen LogP contribution in [-0.2, 0) is 6.61 Å². The van der Waals surface area contributed by atoms with Gasteiger partial charge in [-0.25, -0.2) is 10.4 Å². The van der Waals surface area contributed by atoms with Crippen LogP contribution in [0.1, 0.15) is 16.7 Å². The zero-order chi connectivity index (χ0) is 23.8. The molecular weight excluding hydrogens is 430 g/mol. The van der Waals surface area contributed by atoms with Crippen LogP contribution in [0.5, 0.6) is 11.5 Å². The fourth-order valence-corrected chi connectivity index (χ4v) is 3.22. The highest BCUT2D eigenvalue weighted by Crippen LogP contribution is 2.28. The van der Waals surface area contributed by atoms with Crippen LogP contribution in [0.25, 0.3) is 11.3 Å². The second kappa shape index (κ2) is 10.6. The first-order valence-corrected chi connectivity index (χ1v) is 10.4. The Morgan fingerprint density at radius 2 is 1.79 bits per heavy atom. The molecule has 0 atom stereocenters. The van der Waals surface area contributed by atoms with Crippen molar-refractivity contribution in [2.24, 2.45) is 5.10 Å². The van der Waals surface area contributed by atoms with Crippen molar-refractivity contribution in [1.29, 1.82) is 5.26 Å². The highest BCUT2D eigenvalue weighted by Gasteiger charge is 2.13. The highest BCUT2D eigenvalue weighted by molar-refractivity contribution is 5.81. The lowest BCUT2D eigenvalue weighted by atomic mass is 10.1. The topological polar surface area (TPSA) is 112 Å². The average molecular weight is 451 g/mol. The number of methoxy groups -OCH3 is 1. The summed E-state index contributed by atoms with van der Waals surface area (Å²) >= 11 is 0. The molecule has 4 aromatic rings. The Morgan fingerprint density at radius 1 is 1.06 bits per heavy atom. The maximum absolute atomic E-state index is 12.4. The van der Waals surface area contributed by atoms with Crippen molar-refractivity contribution in [3.63, 3.8) is 0 Å². The SMILES string of the molecule is COc1ccc(C=NNc2nc(-c3ccccc3)c(C#N)c(=O)[nH]2)cc1OCc1ccccc1. The Bertz CT molecular complexity index is 1390. The van der Waals surface area contributed by atoms with E-state index in [0.717, 1.165) is 11.1 Å². The predicted molar refractivity (Wildman–Crippen MR) is 130 cm³/mol. The molecule has 0 fully saturated rings. The minimum absolute atomic E-state index is 0.0592. The van der Waals surface area contributed by atoms with Gasteiger partial charge in [-0.1, -0.05) is 60.7 Å². The van der Waals surface area contributed by atoms with Gasteiger partial charge >= 0.3 is 0 Å². The number of nitrogens with one attached hydrogen (secondary N) is 2. The normalized spacial score (nSPS) is 10.6. The molecule has 0 bridgehead atoms. The summed E-state index contributed by atoms with van der Waals surface area (Å²) in [7, 11) is 1.58. The molecule has 0 aliphatic carbocycles. The number of ether oxygens (including phenoxy) is 2. The monoisotopic (exact) mass is 451 g/mol. The number of nitrogens with zero attached hydrogens (tertiary/aromatic N) is 3. The fraction of sp³-hybridized carbons (Fsp3) is 0.0769. The number of benzene rings is 3. The third-order valence-corrected chi connectivity index (χ3v) is 4.89. The third kappa shape index (κ3) is 5.29. The Morgan fingerprint density at radius 3 is 2.50 bits per heavy atom. The molecule has 1 heterocycles. The zero-order valence-corrected chi connectivity index (χ0v) is 18.4. The van der Waals surface area contributed by atoms with Gasteiger partial charge in [0.15, 0.2) is 11.5 Å². The summed E-state index contributed by atoms with van der Waals surface area (Å²) in [5.41, 5.74) is 4.84. The Labute approximate surface area is 196 Å². The van der Waals surface area contributed by atoms with Crippen molar-refractivity contribution in [2.75, 3.05) is 12.5 Å². The second-order valence-electron chi connectivity index (χ2n) is 7.17. The van der Waals surface area contributed by atoms with Crippen LogP contribution in [0.3, 0.4) is 0 Å². The van der Waals surface area contributed by atoms with Crippen LogP contribution >= 0.6 is 0 Å². The molecule has 0 aliphatic rings. The summed E-state index contributed by atoms with van der Waals surface area (Å²) in [6, 6.07) is 26.2. The minimum atomic E-state index is -0.546. The van der Waals surface area contributed by atoms with Gasteiger partial charge in [-0.3, -0.25) is 9.78 Å². The fourth-order valence-electron chi connectivity index (χ4n) is 3.22. The summed E-state index contributed by atoms with van der Waals surface area (Å²) in [5.74, 6) is 1.30. The van der Waals surface area contributed by atoms with E-state index >= 15 is 0 Å². The summed E-state index contributed by atoms with van der Waals surface area (Å²) in [6.07, 6.45) is 1.56. The summed E-state index contributed by atoms with van der Waals surface area (Å²) in [4.78, 5) is 19.3. The van der Waals surface area contributed by atoms with Gasteiger partial charge in [-0.05, 0) is 29.3 Å². The number of H-pyrrole nitrogens is 1. The summed E-state index contributed by atoms with van der Waals surface area (Å²) in [6.45, 7) is 0.398. The quantitative estimate of drug-likeness (QED) is 0.304. The van der Waals surface area contributed by atoms with Gasteiger partial charge in [0, 0.05) is 5.56 Å². The second-order valence-corrected chi connectivity index (χ2v) is 7.17. The first-order chi connectivity index (χ1) is 16.7. The van der Waals surface area contributed by atoms with Crippen molar-refractivity contribution in [1.82, 2.24) is 9.97 Å². The van der Waals surface area contributed by atoms with Crippen LogP contribution < -0.4 is 20.5 Å². The van der Waals surface area contributed by atoms with E-state index in [0.29, 0.717) is 23.7 Å². The smallest absolute Gasteiger partial charge is 0.270 e. The number of hydrazone groups is 1. The molecule has 0 amide bonds. The van der Waals surface area contributed by atoms with Crippen molar-refractivity contribution in [2.45, 2.75) is 6.61 Å². The van der Waals surface area contributed by atoms with Crippen molar-refractivity contribution >= 4 is 12.2 Å². The number of hydrogen-bond donors (Lipinski definition) is 2. The van der Waals surface area contributed by atoms with E-state index in [1.54, 1.807) is 37.6 Å². The molecule has 8 nitrogen and oxygen atoms in total. The molecule has 0 saturated heterocycles. The zero-order valence-electron chi connectivity index (χ0n) is 18.4. The first-order valence-electron chi connectivity index (χ1n) is 10.4. The van der Waals surface area contributed by atoms with E-state index in [1.807, 2.05) is 60.7 Å². The van der Waals surface area contributed by atoms with E-state index in [2.05, 4.69) is 20.5 Å². The van der Waals surface area contributed by atoms with Gasteiger partial charge in [0.1, 0.15) is 18.2 Å². The van der Waals surface area contributed by atoms with E-state index < -0.39 is 5.56 Å².